The second-order valence-electron chi connectivity index (χ2n) is 4.78. The van der Waals surface area contributed by atoms with E-state index in [0.29, 0.717) is 5.92 Å². The molecule has 0 atom stereocenters. The number of nitrogens with two attached hydrogens (primary N) is 1. The maximum Gasteiger partial charge on any atom is 0.332 e. The van der Waals surface area contributed by atoms with E-state index < -0.39 is 6.03 Å². The highest BCUT2D eigenvalue weighted by molar-refractivity contribution is 5.98. The normalized spacial score (nSPS) is 11.9. The molecule has 5 nitrogen and oxygen atoms in total. The van der Waals surface area contributed by atoms with Crippen molar-refractivity contribution in [3.63, 3.8) is 0 Å². The van der Waals surface area contributed by atoms with Gasteiger partial charge in [-0.1, -0.05) is 32.1 Å². The minimum Gasteiger partial charge on any atom is -0.497 e. The molecule has 1 rings (SSSR count). The van der Waals surface area contributed by atoms with E-state index in [1.807, 2.05) is 36.4 Å². The SMILES string of the molecule is COc1ccc(/C=C/C(CC(C)C)=N/NC(N)=O)cc1. The van der Waals surface area contributed by atoms with Crippen LogP contribution < -0.4 is 15.9 Å². The summed E-state index contributed by atoms with van der Waals surface area (Å²) in [7, 11) is 1.63. The van der Waals surface area contributed by atoms with Gasteiger partial charge in [-0.15, -0.1) is 0 Å². The van der Waals surface area contributed by atoms with E-state index in [0.717, 1.165) is 23.4 Å². The minimum absolute atomic E-state index is 0.434. The van der Waals surface area contributed by atoms with Crippen LogP contribution in [-0.2, 0) is 0 Å². The largest absolute Gasteiger partial charge is 0.497 e. The molecular formula is C15H21N3O2. The molecule has 0 heterocycles. The van der Waals surface area contributed by atoms with Crippen LogP contribution in [0.4, 0.5) is 4.79 Å². The summed E-state index contributed by atoms with van der Waals surface area (Å²) >= 11 is 0. The van der Waals surface area contributed by atoms with Crippen molar-refractivity contribution in [1.82, 2.24) is 5.43 Å². The molecule has 0 unspecified atom stereocenters. The van der Waals surface area contributed by atoms with Gasteiger partial charge in [-0.2, -0.15) is 5.10 Å². The molecule has 0 aliphatic rings. The van der Waals surface area contributed by atoms with Crippen molar-refractivity contribution in [3.8, 4) is 5.75 Å². The second kappa shape index (κ2) is 7.99. The Morgan fingerprint density at radius 3 is 2.55 bits per heavy atom. The van der Waals surface area contributed by atoms with Gasteiger partial charge in [-0.25, -0.2) is 10.2 Å². The Bertz CT molecular complexity index is 490. The quantitative estimate of drug-likeness (QED) is 0.618. The van der Waals surface area contributed by atoms with Gasteiger partial charge in [-0.3, -0.25) is 0 Å². The molecule has 0 aliphatic heterocycles. The van der Waals surface area contributed by atoms with E-state index >= 15 is 0 Å². The van der Waals surface area contributed by atoms with Gasteiger partial charge in [0.25, 0.3) is 0 Å². The number of primary amides is 1. The van der Waals surface area contributed by atoms with Crippen LogP contribution in [0, 0.1) is 5.92 Å². The molecule has 20 heavy (non-hydrogen) atoms. The number of allylic oxidation sites excluding steroid dienone is 1. The smallest absolute Gasteiger partial charge is 0.332 e. The maximum atomic E-state index is 10.7. The number of nitrogens with one attached hydrogen (secondary N) is 1. The topological polar surface area (TPSA) is 76.7 Å². The zero-order valence-electron chi connectivity index (χ0n) is 12.1. The van der Waals surface area contributed by atoms with E-state index in [4.69, 9.17) is 10.5 Å². The molecule has 5 heteroatoms. The van der Waals surface area contributed by atoms with E-state index in [2.05, 4.69) is 24.4 Å². The molecule has 0 saturated heterocycles. The average molecular weight is 275 g/mol. The van der Waals surface area contributed by atoms with E-state index in [1.165, 1.54) is 0 Å². The number of urea groups is 1. The van der Waals surface area contributed by atoms with Gasteiger partial charge in [0, 0.05) is 0 Å². The number of amides is 2. The fraction of sp³-hybridized carbons (Fsp3) is 0.333. The third-order valence-electron chi connectivity index (χ3n) is 2.51. The Hall–Kier alpha value is -2.30. The monoisotopic (exact) mass is 275 g/mol. The first-order chi connectivity index (χ1) is 9.51. The molecule has 0 radical (unpaired) electrons. The Morgan fingerprint density at radius 1 is 1.40 bits per heavy atom. The van der Waals surface area contributed by atoms with Gasteiger partial charge in [0.05, 0.1) is 12.8 Å². The van der Waals surface area contributed by atoms with Gasteiger partial charge in [0.1, 0.15) is 5.75 Å². The molecule has 3 N–H and O–H groups in total. The molecule has 1 aromatic carbocycles. The van der Waals surface area contributed by atoms with E-state index in [1.54, 1.807) is 7.11 Å². The van der Waals surface area contributed by atoms with Crippen LogP contribution >= 0.6 is 0 Å². The van der Waals surface area contributed by atoms with E-state index in [-0.39, 0.29) is 0 Å². The lowest BCUT2D eigenvalue weighted by atomic mass is 10.1. The van der Waals surface area contributed by atoms with Crippen LogP contribution in [0.15, 0.2) is 35.4 Å². The van der Waals surface area contributed by atoms with Crippen LogP contribution in [0.5, 0.6) is 5.75 Å². The van der Waals surface area contributed by atoms with Crippen molar-refractivity contribution in [2.24, 2.45) is 16.8 Å². The summed E-state index contributed by atoms with van der Waals surface area (Å²) in [5, 5.41) is 3.99. The molecule has 0 bridgehead atoms. The fourth-order valence-electron chi connectivity index (χ4n) is 1.60. The molecule has 0 aromatic heterocycles. The lowest BCUT2D eigenvalue weighted by Gasteiger charge is -2.05. The summed E-state index contributed by atoms with van der Waals surface area (Å²) in [4.78, 5) is 10.7. The summed E-state index contributed by atoms with van der Waals surface area (Å²) in [6.45, 7) is 4.17. The third kappa shape index (κ3) is 6.04. The zero-order valence-corrected chi connectivity index (χ0v) is 12.1. The predicted octanol–water partition coefficient (Wildman–Crippen LogP) is 2.78. The summed E-state index contributed by atoms with van der Waals surface area (Å²) in [6, 6.07) is 7.01. The maximum absolute atomic E-state index is 10.7. The van der Waals surface area contributed by atoms with Gasteiger partial charge in [0.15, 0.2) is 0 Å². The van der Waals surface area contributed by atoms with Crippen LogP contribution in [0.1, 0.15) is 25.8 Å². The zero-order chi connectivity index (χ0) is 15.0. The highest BCUT2D eigenvalue weighted by Gasteiger charge is 2.01. The van der Waals surface area contributed by atoms with Crippen molar-refractivity contribution < 1.29 is 9.53 Å². The van der Waals surface area contributed by atoms with Crippen molar-refractivity contribution in [2.45, 2.75) is 20.3 Å². The fourth-order valence-corrected chi connectivity index (χ4v) is 1.60. The average Bonchev–Trinajstić information content (AvgIpc) is 2.42. The number of ether oxygens (including phenoxy) is 1. The van der Waals surface area contributed by atoms with Gasteiger partial charge in [-0.05, 0) is 36.1 Å². The van der Waals surface area contributed by atoms with Crippen LogP contribution in [0.3, 0.4) is 0 Å². The summed E-state index contributed by atoms with van der Waals surface area (Å²) in [5.74, 6) is 1.25. The van der Waals surface area contributed by atoms with Crippen molar-refractivity contribution in [1.29, 1.82) is 0 Å². The standard InChI is InChI=1S/C15H21N3O2/c1-11(2)10-13(17-18-15(16)19)7-4-12-5-8-14(20-3)9-6-12/h4-9,11H,10H2,1-3H3,(H3,16,18,19)/b7-4+,17-13-. The first-order valence-corrected chi connectivity index (χ1v) is 6.45. The number of benzene rings is 1. The lowest BCUT2D eigenvalue weighted by molar-refractivity contribution is 0.249. The number of nitrogens with zero attached hydrogens (tertiary/aromatic N) is 1. The Balaban J connectivity index is 2.78. The van der Waals surface area contributed by atoms with Gasteiger partial charge in [0.2, 0.25) is 0 Å². The Morgan fingerprint density at radius 2 is 2.05 bits per heavy atom. The third-order valence-corrected chi connectivity index (χ3v) is 2.51. The van der Waals surface area contributed by atoms with Crippen LogP contribution in [-0.4, -0.2) is 18.9 Å². The van der Waals surface area contributed by atoms with Crippen molar-refractivity contribution in [3.05, 3.63) is 35.9 Å². The summed E-state index contributed by atoms with van der Waals surface area (Å²) < 4.78 is 5.10. The molecule has 0 spiro atoms. The molecule has 0 aliphatic carbocycles. The molecule has 1 aromatic rings. The lowest BCUT2D eigenvalue weighted by Crippen LogP contribution is -2.25. The van der Waals surface area contributed by atoms with Crippen LogP contribution in [0.2, 0.25) is 0 Å². The minimum atomic E-state index is -0.663. The Labute approximate surface area is 119 Å². The Kier molecular flexibility index (Phi) is 6.29. The number of methoxy groups -OCH3 is 1. The number of rotatable bonds is 6. The molecule has 2 amide bonds. The van der Waals surface area contributed by atoms with Gasteiger partial charge >= 0.3 is 6.03 Å². The number of hydrogen-bond donors (Lipinski definition) is 2. The molecule has 108 valence electrons. The van der Waals surface area contributed by atoms with Crippen molar-refractivity contribution >= 4 is 17.8 Å². The highest BCUT2D eigenvalue weighted by Crippen LogP contribution is 2.13. The number of carbonyl (C=O) groups is 1. The number of carbonyl (C=O) groups excluding carboxylic acids is 1. The predicted molar refractivity (Wildman–Crippen MR) is 81.6 cm³/mol. The molecule has 0 saturated carbocycles. The second-order valence-corrected chi connectivity index (χ2v) is 4.78. The van der Waals surface area contributed by atoms with Crippen LogP contribution in [0.25, 0.3) is 6.08 Å². The van der Waals surface area contributed by atoms with Gasteiger partial charge < -0.3 is 10.5 Å². The molecular weight excluding hydrogens is 254 g/mol. The van der Waals surface area contributed by atoms with E-state index in [9.17, 15) is 4.79 Å². The number of hydrogen-bond acceptors (Lipinski definition) is 3. The summed E-state index contributed by atoms with van der Waals surface area (Å²) in [5.41, 5.74) is 9.08. The number of hydrazone groups is 1. The first-order valence-electron chi connectivity index (χ1n) is 6.45. The molecule has 0 fully saturated rings. The van der Waals surface area contributed by atoms with Crippen molar-refractivity contribution in [2.75, 3.05) is 7.11 Å². The highest BCUT2D eigenvalue weighted by atomic mass is 16.5. The first kappa shape index (κ1) is 15.8. The summed E-state index contributed by atoms with van der Waals surface area (Å²) in [6.07, 6.45) is 4.56.